The molecule has 0 bridgehead atoms. The van der Waals surface area contributed by atoms with Gasteiger partial charge in [0.1, 0.15) is 0 Å². The largest absolute Gasteiger partial charge is 0.327 e. The lowest BCUT2D eigenvalue weighted by Gasteiger charge is -2.26. The molecule has 0 spiro atoms. The standard InChI is InChI=1S/C12H26N2/c1-10(2)7-14(8-11(3)4)9-12(5)6-13/h10-11H,5-9,13H2,1-4H3. The first-order valence-corrected chi connectivity index (χ1v) is 5.54. The van der Waals surface area contributed by atoms with Crippen molar-refractivity contribution in [2.45, 2.75) is 27.7 Å². The lowest BCUT2D eigenvalue weighted by atomic mass is 10.1. The van der Waals surface area contributed by atoms with Gasteiger partial charge in [0.15, 0.2) is 0 Å². The molecule has 0 saturated carbocycles. The second-order valence-electron chi connectivity index (χ2n) is 4.94. The van der Waals surface area contributed by atoms with Crippen LogP contribution in [0.5, 0.6) is 0 Å². The van der Waals surface area contributed by atoms with Crippen LogP contribution in [0, 0.1) is 11.8 Å². The Labute approximate surface area is 89.2 Å². The molecule has 2 heteroatoms. The summed E-state index contributed by atoms with van der Waals surface area (Å²) in [5, 5.41) is 0. The van der Waals surface area contributed by atoms with E-state index in [-0.39, 0.29) is 0 Å². The number of hydrogen-bond acceptors (Lipinski definition) is 2. The topological polar surface area (TPSA) is 29.3 Å². The van der Waals surface area contributed by atoms with Crippen LogP contribution in [0.15, 0.2) is 12.2 Å². The summed E-state index contributed by atoms with van der Waals surface area (Å²) < 4.78 is 0. The molecule has 0 saturated heterocycles. The van der Waals surface area contributed by atoms with Gasteiger partial charge in [-0.1, -0.05) is 34.3 Å². The predicted octanol–water partition coefficient (Wildman–Crippen LogP) is 2.12. The van der Waals surface area contributed by atoms with Crippen molar-refractivity contribution >= 4 is 0 Å². The third-order valence-electron chi connectivity index (χ3n) is 1.98. The average molecular weight is 198 g/mol. The molecule has 0 unspecified atom stereocenters. The molecule has 0 aromatic carbocycles. The van der Waals surface area contributed by atoms with E-state index >= 15 is 0 Å². The van der Waals surface area contributed by atoms with Gasteiger partial charge in [-0.15, -0.1) is 0 Å². The van der Waals surface area contributed by atoms with E-state index in [1.807, 2.05) is 0 Å². The highest BCUT2D eigenvalue weighted by Crippen LogP contribution is 2.05. The van der Waals surface area contributed by atoms with Crippen molar-refractivity contribution in [2.24, 2.45) is 17.6 Å². The van der Waals surface area contributed by atoms with Crippen LogP contribution in [-0.4, -0.2) is 31.1 Å². The Bertz CT molecular complexity index is 152. The van der Waals surface area contributed by atoms with Crippen LogP contribution in [0.3, 0.4) is 0 Å². The fraction of sp³-hybridized carbons (Fsp3) is 0.833. The highest BCUT2D eigenvalue weighted by atomic mass is 15.1. The Morgan fingerprint density at radius 1 is 1.14 bits per heavy atom. The zero-order valence-corrected chi connectivity index (χ0v) is 10.2. The lowest BCUT2D eigenvalue weighted by Crippen LogP contribution is -2.34. The first-order valence-electron chi connectivity index (χ1n) is 5.54. The van der Waals surface area contributed by atoms with Crippen molar-refractivity contribution in [1.29, 1.82) is 0 Å². The predicted molar refractivity (Wildman–Crippen MR) is 64.3 cm³/mol. The van der Waals surface area contributed by atoms with Crippen molar-refractivity contribution in [3.8, 4) is 0 Å². The van der Waals surface area contributed by atoms with Gasteiger partial charge < -0.3 is 5.73 Å². The Morgan fingerprint density at radius 2 is 1.57 bits per heavy atom. The van der Waals surface area contributed by atoms with Crippen molar-refractivity contribution < 1.29 is 0 Å². The fourth-order valence-corrected chi connectivity index (χ4v) is 1.62. The number of hydrogen-bond donors (Lipinski definition) is 1. The monoisotopic (exact) mass is 198 g/mol. The van der Waals surface area contributed by atoms with E-state index in [0.717, 1.165) is 25.2 Å². The van der Waals surface area contributed by atoms with Crippen LogP contribution < -0.4 is 5.73 Å². The molecule has 0 aliphatic heterocycles. The maximum Gasteiger partial charge on any atom is 0.0202 e. The van der Waals surface area contributed by atoms with E-state index in [1.54, 1.807) is 0 Å². The van der Waals surface area contributed by atoms with Gasteiger partial charge in [0, 0.05) is 26.2 Å². The Hall–Kier alpha value is -0.340. The number of nitrogens with two attached hydrogens (primary N) is 1. The molecule has 0 heterocycles. The third-order valence-corrected chi connectivity index (χ3v) is 1.98. The molecule has 0 rings (SSSR count). The smallest absolute Gasteiger partial charge is 0.0202 e. The molecule has 2 N–H and O–H groups in total. The minimum absolute atomic E-state index is 0.604. The summed E-state index contributed by atoms with van der Waals surface area (Å²) in [5.74, 6) is 1.42. The summed E-state index contributed by atoms with van der Waals surface area (Å²) in [6.07, 6.45) is 0. The number of rotatable bonds is 7. The Balaban J connectivity index is 4.03. The zero-order valence-electron chi connectivity index (χ0n) is 10.2. The molecular weight excluding hydrogens is 172 g/mol. The quantitative estimate of drug-likeness (QED) is 0.635. The summed E-state index contributed by atoms with van der Waals surface area (Å²) >= 11 is 0. The van der Waals surface area contributed by atoms with Crippen LogP contribution in [0.4, 0.5) is 0 Å². The summed E-state index contributed by atoms with van der Waals surface area (Å²) in [7, 11) is 0. The second-order valence-corrected chi connectivity index (χ2v) is 4.94. The molecule has 0 atom stereocenters. The van der Waals surface area contributed by atoms with Gasteiger partial charge in [-0.3, -0.25) is 4.90 Å². The molecule has 0 fully saturated rings. The Kier molecular flexibility index (Phi) is 6.85. The average Bonchev–Trinajstić information content (AvgIpc) is 2.01. The van der Waals surface area contributed by atoms with Crippen LogP contribution in [0.25, 0.3) is 0 Å². The zero-order chi connectivity index (χ0) is 11.1. The maximum absolute atomic E-state index is 5.56. The first kappa shape index (κ1) is 13.7. The molecular formula is C12H26N2. The van der Waals surface area contributed by atoms with Crippen LogP contribution in [0.2, 0.25) is 0 Å². The minimum atomic E-state index is 0.604. The van der Waals surface area contributed by atoms with Gasteiger partial charge in [-0.2, -0.15) is 0 Å². The van der Waals surface area contributed by atoms with E-state index in [1.165, 1.54) is 0 Å². The summed E-state index contributed by atoms with van der Waals surface area (Å²) in [6, 6.07) is 0. The fourth-order valence-electron chi connectivity index (χ4n) is 1.62. The number of nitrogens with zero attached hydrogens (tertiary/aromatic N) is 1. The second kappa shape index (κ2) is 7.02. The van der Waals surface area contributed by atoms with Gasteiger partial charge in [-0.25, -0.2) is 0 Å². The summed E-state index contributed by atoms with van der Waals surface area (Å²) in [5.41, 5.74) is 6.69. The Morgan fingerprint density at radius 3 is 1.86 bits per heavy atom. The van der Waals surface area contributed by atoms with E-state index in [4.69, 9.17) is 5.73 Å². The van der Waals surface area contributed by atoms with E-state index in [9.17, 15) is 0 Å². The molecule has 14 heavy (non-hydrogen) atoms. The normalized spacial score (nSPS) is 11.7. The first-order chi connectivity index (χ1) is 6.45. The van der Waals surface area contributed by atoms with Gasteiger partial charge >= 0.3 is 0 Å². The van der Waals surface area contributed by atoms with Crippen LogP contribution in [-0.2, 0) is 0 Å². The molecule has 0 aromatic heterocycles. The molecule has 0 radical (unpaired) electrons. The van der Waals surface area contributed by atoms with Crippen molar-refractivity contribution in [3.05, 3.63) is 12.2 Å². The molecule has 0 amide bonds. The SMILES string of the molecule is C=C(CN)CN(CC(C)C)CC(C)C. The summed E-state index contributed by atoms with van der Waals surface area (Å²) in [6.45, 7) is 16.8. The van der Waals surface area contributed by atoms with Crippen molar-refractivity contribution in [1.82, 2.24) is 4.90 Å². The summed E-state index contributed by atoms with van der Waals surface area (Å²) in [4.78, 5) is 2.45. The van der Waals surface area contributed by atoms with Gasteiger partial charge in [0.2, 0.25) is 0 Å². The maximum atomic E-state index is 5.56. The van der Waals surface area contributed by atoms with Gasteiger partial charge in [0.05, 0.1) is 0 Å². The minimum Gasteiger partial charge on any atom is -0.327 e. The molecule has 0 aliphatic rings. The van der Waals surface area contributed by atoms with E-state index in [0.29, 0.717) is 18.4 Å². The molecule has 84 valence electrons. The lowest BCUT2D eigenvalue weighted by molar-refractivity contribution is 0.236. The third kappa shape index (κ3) is 7.10. The molecule has 0 aromatic rings. The van der Waals surface area contributed by atoms with Crippen molar-refractivity contribution in [2.75, 3.05) is 26.2 Å². The molecule has 2 nitrogen and oxygen atoms in total. The molecule has 0 aliphatic carbocycles. The van der Waals surface area contributed by atoms with E-state index in [2.05, 4.69) is 39.2 Å². The van der Waals surface area contributed by atoms with Crippen molar-refractivity contribution in [3.63, 3.8) is 0 Å². The van der Waals surface area contributed by atoms with Gasteiger partial charge in [0.25, 0.3) is 0 Å². The van der Waals surface area contributed by atoms with E-state index < -0.39 is 0 Å². The highest BCUT2D eigenvalue weighted by molar-refractivity contribution is 4.98. The highest BCUT2D eigenvalue weighted by Gasteiger charge is 2.09. The van der Waals surface area contributed by atoms with Crippen LogP contribution in [0.1, 0.15) is 27.7 Å². The van der Waals surface area contributed by atoms with Crippen LogP contribution >= 0.6 is 0 Å². The van der Waals surface area contributed by atoms with Gasteiger partial charge in [-0.05, 0) is 17.4 Å².